The molecule has 0 aliphatic carbocycles. The molecule has 0 radical (unpaired) electrons. The molecule has 1 saturated heterocycles. The molecule has 0 bridgehead atoms. The molecule has 1 aromatic heterocycles. The number of nitrogens with one attached hydrogen (secondary N) is 1. The molecule has 18 heavy (non-hydrogen) atoms. The van der Waals surface area contributed by atoms with Gasteiger partial charge in [-0.3, -0.25) is 4.90 Å². The topological polar surface area (TPSA) is 67.1 Å². The van der Waals surface area contributed by atoms with Crippen molar-refractivity contribution in [2.45, 2.75) is 40.2 Å². The van der Waals surface area contributed by atoms with E-state index < -0.39 is 0 Å². The van der Waals surface area contributed by atoms with Gasteiger partial charge in [-0.15, -0.1) is 5.10 Å². The van der Waals surface area contributed by atoms with E-state index in [1.54, 1.807) is 0 Å². The molecule has 1 aliphatic rings. The fraction of sp³-hybridized carbons (Fsp3) is 0.833. The van der Waals surface area contributed by atoms with Gasteiger partial charge >= 0.3 is 0 Å². The normalized spacial score (nSPS) is 19.1. The number of hydrogen-bond donors (Lipinski definition) is 2. The molecule has 0 spiro atoms. The van der Waals surface area contributed by atoms with E-state index >= 15 is 0 Å². The number of likely N-dealkylation sites (tertiary alicyclic amines) is 1. The summed E-state index contributed by atoms with van der Waals surface area (Å²) in [6.07, 6.45) is 2.54. The summed E-state index contributed by atoms with van der Waals surface area (Å²) in [5, 5.41) is 5.02. The maximum Gasteiger partial charge on any atom is 0.148 e. The highest BCUT2D eigenvalue weighted by Crippen LogP contribution is 2.34. The summed E-state index contributed by atoms with van der Waals surface area (Å²) in [6, 6.07) is 0. The van der Waals surface area contributed by atoms with Crippen LogP contribution in [0.5, 0.6) is 0 Å². The summed E-state index contributed by atoms with van der Waals surface area (Å²) in [4.78, 5) is 2.44. The van der Waals surface area contributed by atoms with Crippen molar-refractivity contribution in [1.82, 2.24) is 14.5 Å². The average Bonchev–Trinajstić information content (AvgIpc) is 2.76. The summed E-state index contributed by atoms with van der Waals surface area (Å²) >= 11 is 1.32. The maximum absolute atomic E-state index is 5.44. The number of nitrogen functional groups attached to an aromatic ring is 1. The number of nitrogens with zero attached hydrogens (tertiary/aromatic N) is 3. The lowest BCUT2D eigenvalue weighted by Crippen LogP contribution is -2.37. The predicted octanol–water partition coefficient (Wildman–Crippen LogP) is 2.08. The predicted molar refractivity (Wildman–Crippen MR) is 75.2 cm³/mol. The molecule has 1 fully saturated rings. The minimum atomic E-state index is 0.429. The average molecular weight is 269 g/mol. The van der Waals surface area contributed by atoms with Crippen molar-refractivity contribution in [2.24, 2.45) is 17.2 Å². The van der Waals surface area contributed by atoms with Crippen LogP contribution in [0.2, 0.25) is 0 Å². The van der Waals surface area contributed by atoms with Crippen LogP contribution in [0.25, 0.3) is 0 Å². The maximum atomic E-state index is 5.44. The molecule has 2 rings (SSSR count). The fourth-order valence-electron chi connectivity index (χ4n) is 2.59. The lowest BCUT2D eigenvalue weighted by molar-refractivity contribution is 0.107. The minimum absolute atomic E-state index is 0.429. The van der Waals surface area contributed by atoms with E-state index in [-0.39, 0.29) is 0 Å². The number of hydrazine groups is 1. The van der Waals surface area contributed by atoms with Gasteiger partial charge in [-0.2, -0.15) is 0 Å². The van der Waals surface area contributed by atoms with E-state index in [0.29, 0.717) is 5.41 Å². The van der Waals surface area contributed by atoms with Crippen LogP contribution < -0.4 is 11.3 Å². The monoisotopic (exact) mass is 269 g/mol. The smallest absolute Gasteiger partial charge is 0.148 e. The number of aromatic nitrogens is 2. The first-order valence-corrected chi connectivity index (χ1v) is 7.28. The van der Waals surface area contributed by atoms with Gasteiger partial charge in [0, 0.05) is 18.1 Å². The van der Waals surface area contributed by atoms with Gasteiger partial charge < -0.3 is 5.43 Å². The van der Waals surface area contributed by atoms with Crippen LogP contribution >= 0.6 is 11.5 Å². The largest absolute Gasteiger partial charge is 0.313 e. The van der Waals surface area contributed by atoms with E-state index in [1.165, 1.54) is 24.4 Å². The number of nitrogens with two attached hydrogens (primary N) is 1. The molecule has 1 aliphatic heterocycles. The van der Waals surface area contributed by atoms with Crippen molar-refractivity contribution in [3.05, 3.63) is 5.69 Å². The highest BCUT2D eigenvalue weighted by molar-refractivity contribution is 7.10. The summed E-state index contributed by atoms with van der Waals surface area (Å²) in [5.41, 5.74) is 4.06. The van der Waals surface area contributed by atoms with Crippen LogP contribution in [0.3, 0.4) is 0 Å². The lowest BCUT2D eigenvalue weighted by Gasteiger charge is -2.38. The molecule has 5 nitrogen and oxygen atoms in total. The van der Waals surface area contributed by atoms with E-state index in [4.69, 9.17) is 5.84 Å². The Hall–Kier alpha value is -0.720. The van der Waals surface area contributed by atoms with Crippen molar-refractivity contribution < 1.29 is 0 Å². The third-order valence-electron chi connectivity index (χ3n) is 3.87. The van der Waals surface area contributed by atoms with Crippen LogP contribution in [0.1, 0.15) is 39.3 Å². The van der Waals surface area contributed by atoms with Crippen LogP contribution in [0, 0.1) is 11.3 Å². The van der Waals surface area contributed by atoms with E-state index in [0.717, 1.165) is 36.2 Å². The Kier molecular flexibility index (Phi) is 4.19. The standard InChI is InChI=1S/C12H23N5S/c1-12(2,3)9-4-6-17(7-5-9)8-10-11(14-13)18-16-15-10/h9,14H,4-8,13H2,1-3H3. The SMILES string of the molecule is CC(C)(C)C1CCN(Cc2nnsc2NN)CC1. The first kappa shape index (κ1) is 13.7. The van der Waals surface area contributed by atoms with E-state index in [9.17, 15) is 0 Å². The van der Waals surface area contributed by atoms with Crippen molar-refractivity contribution in [3.63, 3.8) is 0 Å². The summed E-state index contributed by atoms with van der Waals surface area (Å²) in [7, 11) is 0. The molecule has 0 aromatic carbocycles. The second kappa shape index (κ2) is 5.50. The molecule has 3 N–H and O–H groups in total. The summed E-state index contributed by atoms with van der Waals surface area (Å²) < 4.78 is 3.94. The summed E-state index contributed by atoms with van der Waals surface area (Å²) in [6.45, 7) is 10.2. The highest BCUT2D eigenvalue weighted by atomic mass is 32.1. The first-order chi connectivity index (χ1) is 8.50. The van der Waals surface area contributed by atoms with Gasteiger partial charge in [0.1, 0.15) is 10.7 Å². The molecule has 6 heteroatoms. The third kappa shape index (κ3) is 3.18. The van der Waals surface area contributed by atoms with Crippen LogP contribution in [-0.4, -0.2) is 27.6 Å². The second-order valence-electron chi connectivity index (χ2n) is 6.11. The van der Waals surface area contributed by atoms with Crippen molar-refractivity contribution in [3.8, 4) is 0 Å². The molecule has 0 atom stereocenters. The molecule has 102 valence electrons. The number of piperidine rings is 1. The van der Waals surface area contributed by atoms with Gasteiger partial charge in [0.25, 0.3) is 0 Å². The van der Waals surface area contributed by atoms with Crippen LogP contribution in [0.4, 0.5) is 5.00 Å². The molecule has 0 saturated carbocycles. The first-order valence-electron chi connectivity index (χ1n) is 6.51. The molecule has 0 unspecified atom stereocenters. The molecule has 2 heterocycles. The Labute approximate surface area is 113 Å². The van der Waals surface area contributed by atoms with Gasteiger partial charge in [-0.05, 0) is 37.3 Å². The Morgan fingerprint density at radius 3 is 2.61 bits per heavy atom. The van der Waals surface area contributed by atoms with E-state index in [1.807, 2.05) is 0 Å². The molecular formula is C12H23N5S. The van der Waals surface area contributed by atoms with E-state index in [2.05, 4.69) is 40.7 Å². The second-order valence-corrected chi connectivity index (χ2v) is 6.86. The number of hydrogen-bond acceptors (Lipinski definition) is 6. The number of rotatable bonds is 3. The van der Waals surface area contributed by atoms with Crippen molar-refractivity contribution >= 4 is 16.5 Å². The fourth-order valence-corrected chi connectivity index (χ4v) is 3.08. The van der Waals surface area contributed by atoms with Crippen molar-refractivity contribution in [2.75, 3.05) is 18.5 Å². The highest BCUT2D eigenvalue weighted by Gasteiger charge is 2.29. The van der Waals surface area contributed by atoms with Crippen LogP contribution in [0.15, 0.2) is 0 Å². The van der Waals surface area contributed by atoms with Gasteiger partial charge in [0.05, 0.1) is 0 Å². The van der Waals surface area contributed by atoms with Gasteiger partial charge in [-0.25, -0.2) is 5.84 Å². The Balaban J connectivity index is 1.87. The molecule has 1 aromatic rings. The van der Waals surface area contributed by atoms with Crippen molar-refractivity contribution in [1.29, 1.82) is 0 Å². The van der Waals surface area contributed by atoms with Gasteiger partial charge in [0.15, 0.2) is 0 Å². The summed E-state index contributed by atoms with van der Waals surface area (Å²) in [5.74, 6) is 6.27. The molecule has 0 amide bonds. The van der Waals surface area contributed by atoms with Crippen LogP contribution in [-0.2, 0) is 6.54 Å². The van der Waals surface area contributed by atoms with Gasteiger partial charge in [0.2, 0.25) is 0 Å². The molecular weight excluding hydrogens is 246 g/mol. The Morgan fingerprint density at radius 2 is 2.06 bits per heavy atom. The zero-order valence-corrected chi connectivity index (χ0v) is 12.3. The number of anilines is 1. The quantitative estimate of drug-likeness (QED) is 0.649. The lowest BCUT2D eigenvalue weighted by atomic mass is 9.75. The van der Waals surface area contributed by atoms with Gasteiger partial charge in [-0.1, -0.05) is 25.3 Å². The minimum Gasteiger partial charge on any atom is -0.313 e. The zero-order chi connectivity index (χ0) is 13.2. The Morgan fingerprint density at radius 1 is 1.39 bits per heavy atom. The zero-order valence-electron chi connectivity index (χ0n) is 11.4. The Bertz CT molecular complexity index is 376. The third-order valence-corrected chi connectivity index (χ3v) is 4.57.